The third kappa shape index (κ3) is 3.64. The van der Waals surface area contributed by atoms with Gasteiger partial charge in [-0.3, -0.25) is 4.52 Å². The van der Waals surface area contributed by atoms with Crippen LogP contribution >= 0.6 is 7.82 Å². The SMILES string of the molecule is C1C2CC3CC1CC(C1COO1)(C2)C3.C=CCOP(=O)(O)O. The average molecular weight is 332 g/mol. The van der Waals surface area contributed by atoms with E-state index in [2.05, 4.69) is 11.1 Å². The first-order valence-electron chi connectivity index (χ1n) is 7.99. The first-order valence-corrected chi connectivity index (χ1v) is 9.52. The van der Waals surface area contributed by atoms with E-state index in [4.69, 9.17) is 19.6 Å². The number of hydrogen-bond donors (Lipinski definition) is 2. The number of phosphoric acid groups is 1. The molecule has 4 aliphatic carbocycles. The fourth-order valence-electron chi connectivity index (χ4n) is 5.14. The molecule has 0 radical (unpaired) electrons. The second-order valence-corrected chi connectivity index (χ2v) is 8.46. The first-order chi connectivity index (χ1) is 10.4. The lowest BCUT2D eigenvalue weighted by atomic mass is 9.48. The summed E-state index contributed by atoms with van der Waals surface area (Å²) in [6, 6.07) is 0. The van der Waals surface area contributed by atoms with Crippen LogP contribution in [0.5, 0.6) is 0 Å². The highest BCUT2D eigenvalue weighted by atomic mass is 31.2. The number of rotatable bonds is 4. The van der Waals surface area contributed by atoms with Crippen molar-refractivity contribution in [2.75, 3.05) is 13.2 Å². The van der Waals surface area contributed by atoms with Crippen molar-refractivity contribution in [3.63, 3.8) is 0 Å². The van der Waals surface area contributed by atoms with Crippen molar-refractivity contribution in [1.29, 1.82) is 0 Å². The topological polar surface area (TPSA) is 85.2 Å². The minimum Gasteiger partial charge on any atom is -0.303 e. The van der Waals surface area contributed by atoms with Crippen molar-refractivity contribution in [3.05, 3.63) is 12.7 Å². The molecule has 0 aromatic carbocycles. The van der Waals surface area contributed by atoms with Crippen LogP contribution in [0.2, 0.25) is 0 Å². The molecule has 0 aromatic heterocycles. The van der Waals surface area contributed by atoms with Crippen molar-refractivity contribution >= 4 is 7.82 Å². The molecule has 5 rings (SSSR count). The second-order valence-electron chi connectivity index (χ2n) is 7.22. The van der Waals surface area contributed by atoms with Crippen LogP contribution in [0.4, 0.5) is 0 Å². The molecule has 7 heteroatoms. The van der Waals surface area contributed by atoms with Gasteiger partial charge < -0.3 is 9.79 Å². The molecular weight excluding hydrogens is 307 g/mol. The van der Waals surface area contributed by atoms with Gasteiger partial charge in [0, 0.05) is 5.41 Å². The minimum absolute atomic E-state index is 0.121. The van der Waals surface area contributed by atoms with Gasteiger partial charge in [-0.05, 0) is 56.3 Å². The Morgan fingerprint density at radius 2 is 1.68 bits per heavy atom. The maximum Gasteiger partial charge on any atom is 0.469 e. The molecule has 5 aliphatic rings. The van der Waals surface area contributed by atoms with Gasteiger partial charge in [0.1, 0.15) is 12.7 Å². The van der Waals surface area contributed by atoms with Crippen molar-refractivity contribution < 1.29 is 28.7 Å². The summed E-state index contributed by atoms with van der Waals surface area (Å²) in [7, 11) is -4.25. The zero-order valence-electron chi connectivity index (χ0n) is 12.7. The van der Waals surface area contributed by atoms with E-state index < -0.39 is 7.82 Å². The van der Waals surface area contributed by atoms with Gasteiger partial charge in [-0.15, -0.1) is 6.58 Å². The van der Waals surface area contributed by atoms with Gasteiger partial charge in [-0.25, -0.2) is 14.3 Å². The van der Waals surface area contributed by atoms with Gasteiger partial charge >= 0.3 is 7.82 Å². The lowest BCUT2D eigenvalue weighted by Gasteiger charge is -2.59. The van der Waals surface area contributed by atoms with Crippen LogP contribution in [0.15, 0.2) is 12.7 Å². The van der Waals surface area contributed by atoms with Crippen LogP contribution < -0.4 is 0 Å². The van der Waals surface area contributed by atoms with E-state index in [0.29, 0.717) is 11.5 Å². The van der Waals surface area contributed by atoms with Crippen molar-refractivity contribution in [2.24, 2.45) is 23.2 Å². The summed E-state index contributed by atoms with van der Waals surface area (Å²) in [6.07, 6.45) is 10.6. The van der Waals surface area contributed by atoms with Gasteiger partial charge in [0.25, 0.3) is 0 Å². The van der Waals surface area contributed by atoms with Gasteiger partial charge in [0.05, 0.1) is 6.61 Å². The fourth-order valence-corrected chi connectivity index (χ4v) is 5.44. The zero-order valence-corrected chi connectivity index (χ0v) is 13.6. The maximum absolute atomic E-state index is 9.81. The van der Waals surface area contributed by atoms with E-state index in [0.717, 1.165) is 24.4 Å². The molecule has 2 N–H and O–H groups in total. The lowest BCUT2D eigenvalue weighted by Crippen LogP contribution is -2.56. The minimum atomic E-state index is -4.25. The molecular formula is C15H25O6P. The standard InChI is InChI=1S/C12H18O2.C3H7O4P/c1-8-2-10-3-9(1)5-12(4-8,6-10)11-7-13-14-11;1-2-3-7-8(4,5)6/h8-11H,1-7H2;2H,1,3H2,(H2,4,5,6). The Bertz CT molecular complexity index is 420. The van der Waals surface area contributed by atoms with Crippen molar-refractivity contribution in [2.45, 2.75) is 44.6 Å². The van der Waals surface area contributed by atoms with E-state index >= 15 is 0 Å². The molecule has 1 saturated heterocycles. The maximum atomic E-state index is 9.81. The highest BCUT2D eigenvalue weighted by Crippen LogP contribution is 2.62. The molecule has 1 aliphatic heterocycles. The number of phosphoric ester groups is 1. The van der Waals surface area contributed by atoms with Crippen LogP contribution in [-0.2, 0) is 18.9 Å². The second kappa shape index (κ2) is 6.34. The lowest BCUT2D eigenvalue weighted by molar-refractivity contribution is -0.454. The Hall–Kier alpha value is -0.230. The van der Waals surface area contributed by atoms with E-state index in [-0.39, 0.29) is 6.61 Å². The Balaban J connectivity index is 0.000000157. The van der Waals surface area contributed by atoms with E-state index in [1.165, 1.54) is 44.6 Å². The molecule has 1 atom stereocenters. The van der Waals surface area contributed by atoms with Crippen LogP contribution in [0.25, 0.3) is 0 Å². The summed E-state index contributed by atoms with van der Waals surface area (Å²) in [5.74, 6) is 3.10. The van der Waals surface area contributed by atoms with E-state index in [1.807, 2.05) is 0 Å². The Labute approximate surface area is 131 Å². The average Bonchev–Trinajstić information content (AvgIpc) is 2.31. The Morgan fingerprint density at radius 3 is 1.95 bits per heavy atom. The molecule has 0 amide bonds. The molecule has 6 nitrogen and oxygen atoms in total. The molecule has 22 heavy (non-hydrogen) atoms. The van der Waals surface area contributed by atoms with Crippen molar-refractivity contribution in [1.82, 2.24) is 0 Å². The smallest absolute Gasteiger partial charge is 0.303 e. The molecule has 4 bridgehead atoms. The molecule has 0 aromatic rings. The normalized spacial score (nSPS) is 42.3. The molecule has 5 fully saturated rings. The van der Waals surface area contributed by atoms with Crippen LogP contribution in [0, 0.1) is 23.2 Å². The predicted octanol–water partition coefficient (Wildman–Crippen LogP) is 2.81. The summed E-state index contributed by atoms with van der Waals surface area (Å²) in [6.45, 7) is 3.94. The Morgan fingerprint density at radius 1 is 1.18 bits per heavy atom. The molecule has 4 saturated carbocycles. The summed E-state index contributed by atoms with van der Waals surface area (Å²) in [5, 5.41) is 0. The molecule has 126 valence electrons. The van der Waals surface area contributed by atoms with Gasteiger partial charge in [0.2, 0.25) is 0 Å². The summed E-state index contributed by atoms with van der Waals surface area (Å²) in [5.41, 5.74) is 0.549. The first kappa shape index (κ1) is 16.6. The highest BCUT2D eigenvalue weighted by molar-refractivity contribution is 7.46. The van der Waals surface area contributed by atoms with E-state index in [9.17, 15) is 4.57 Å². The summed E-state index contributed by atoms with van der Waals surface area (Å²) in [4.78, 5) is 26.2. The van der Waals surface area contributed by atoms with E-state index in [1.54, 1.807) is 0 Å². The summed E-state index contributed by atoms with van der Waals surface area (Å²) < 4.78 is 13.7. The van der Waals surface area contributed by atoms with Crippen molar-refractivity contribution in [3.8, 4) is 0 Å². The number of hydrogen-bond acceptors (Lipinski definition) is 4. The molecule has 0 spiro atoms. The zero-order chi connectivity index (χ0) is 15.8. The van der Waals surface area contributed by atoms with Gasteiger partial charge in [-0.2, -0.15) is 0 Å². The van der Waals surface area contributed by atoms with Gasteiger partial charge in [0.15, 0.2) is 0 Å². The van der Waals surface area contributed by atoms with Gasteiger partial charge in [-0.1, -0.05) is 6.08 Å². The third-order valence-electron chi connectivity index (χ3n) is 5.53. The van der Waals surface area contributed by atoms with Crippen LogP contribution in [0.3, 0.4) is 0 Å². The van der Waals surface area contributed by atoms with Crippen LogP contribution in [0.1, 0.15) is 38.5 Å². The van der Waals surface area contributed by atoms with Crippen LogP contribution in [-0.4, -0.2) is 29.1 Å². The third-order valence-corrected chi connectivity index (χ3v) is 6.02. The largest absolute Gasteiger partial charge is 0.469 e. The fraction of sp³-hybridized carbons (Fsp3) is 0.867. The quantitative estimate of drug-likeness (QED) is 0.468. The Kier molecular flexibility index (Phi) is 4.79. The molecule has 1 heterocycles. The monoisotopic (exact) mass is 332 g/mol. The highest BCUT2D eigenvalue weighted by Gasteiger charge is 2.56. The summed E-state index contributed by atoms with van der Waals surface area (Å²) >= 11 is 0. The predicted molar refractivity (Wildman–Crippen MR) is 79.6 cm³/mol. The molecule has 1 unspecified atom stereocenters.